The number of benzene rings is 3. The lowest BCUT2D eigenvalue weighted by molar-refractivity contribution is -0.137. The Morgan fingerprint density at radius 2 is 1.52 bits per heavy atom. The molecule has 0 aromatic heterocycles. The Bertz CT molecular complexity index is 1160. The molecule has 3 aromatic carbocycles. The maximum absolute atomic E-state index is 13.5. The number of rotatable bonds is 8. The quantitative estimate of drug-likeness (QED) is 0.463. The van der Waals surface area contributed by atoms with Crippen LogP contribution < -0.4 is 10.1 Å². The average molecular weight is 441 g/mol. The molecule has 0 fully saturated rings. The van der Waals surface area contributed by atoms with Crippen LogP contribution in [0, 0.1) is 0 Å². The summed E-state index contributed by atoms with van der Waals surface area (Å²) >= 11 is 0. The van der Waals surface area contributed by atoms with Gasteiger partial charge in [-0.05, 0) is 53.8 Å². The van der Waals surface area contributed by atoms with Crippen molar-refractivity contribution in [2.75, 3.05) is 11.9 Å². The van der Waals surface area contributed by atoms with Crippen LogP contribution in [0.25, 0.3) is 5.57 Å². The Hall–Kier alpha value is -3.86. The lowest BCUT2D eigenvalue weighted by Gasteiger charge is -2.15. The molecule has 168 valence electrons. The molecule has 4 rings (SSSR count). The number of nitrogens with one attached hydrogen (secondary N) is 1. The van der Waals surface area contributed by atoms with Crippen LogP contribution in [0.5, 0.6) is 5.75 Å². The van der Waals surface area contributed by atoms with Crippen molar-refractivity contribution in [2.45, 2.75) is 33.2 Å². The number of hydrogen-bond donors (Lipinski definition) is 1. The zero-order chi connectivity index (χ0) is 23.4. The van der Waals surface area contributed by atoms with Gasteiger partial charge in [-0.2, -0.15) is 0 Å². The van der Waals surface area contributed by atoms with E-state index in [0.717, 1.165) is 17.0 Å². The second-order valence-corrected chi connectivity index (χ2v) is 8.29. The lowest BCUT2D eigenvalue weighted by Crippen LogP contribution is -2.31. The number of hydrogen-bond acceptors (Lipinski definition) is 4. The van der Waals surface area contributed by atoms with Crippen LogP contribution in [0.3, 0.4) is 0 Å². The highest BCUT2D eigenvalue weighted by atomic mass is 16.5. The normalized spacial score (nSPS) is 13.8. The van der Waals surface area contributed by atoms with E-state index in [-0.39, 0.29) is 24.1 Å². The molecule has 1 heterocycles. The number of carbonyl (C=O) groups excluding carboxylic acids is 2. The van der Waals surface area contributed by atoms with Crippen LogP contribution >= 0.6 is 0 Å². The van der Waals surface area contributed by atoms with Crippen molar-refractivity contribution in [1.82, 2.24) is 4.90 Å². The Labute approximate surface area is 194 Å². The van der Waals surface area contributed by atoms with Gasteiger partial charge in [-0.3, -0.25) is 14.5 Å². The standard InChI is InChI=1S/C28H28N2O3/c1-4-33-24-16-12-22(13-17-24)25-26(29-23-14-10-21(11-15-23)19(2)3)28(32)30(27(25)31)18-20-8-6-5-7-9-20/h5-17,19,29H,4,18H2,1-3H3. The highest BCUT2D eigenvalue weighted by molar-refractivity contribution is 6.36. The summed E-state index contributed by atoms with van der Waals surface area (Å²) in [5.41, 5.74) is 4.20. The molecule has 5 nitrogen and oxygen atoms in total. The molecule has 33 heavy (non-hydrogen) atoms. The minimum atomic E-state index is -0.333. The van der Waals surface area contributed by atoms with Gasteiger partial charge in [0.15, 0.2) is 0 Å². The third kappa shape index (κ3) is 4.82. The summed E-state index contributed by atoms with van der Waals surface area (Å²) < 4.78 is 5.53. The van der Waals surface area contributed by atoms with Gasteiger partial charge in [0.1, 0.15) is 11.4 Å². The Kier molecular flexibility index (Phi) is 6.59. The number of anilines is 1. The molecule has 2 amide bonds. The smallest absolute Gasteiger partial charge is 0.278 e. The van der Waals surface area contributed by atoms with Crippen LogP contribution in [0.1, 0.15) is 43.4 Å². The monoisotopic (exact) mass is 440 g/mol. The first-order valence-electron chi connectivity index (χ1n) is 11.2. The maximum atomic E-state index is 13.5. The molecule has 0 atom stereocenters. The van der Waals surface area contributed by atoms with Crippen LogP contribution in [0.4, 0.5) is 5.69 Å². The predicted octanol–water partition coefficient (Wildman–Crippen LogP) is 5.60. The molecule has 0 bridgehead atoms. The summed E-state index contributed by atoms with van der Waals surface area (Å²) in [6.45, 7) is 6.97. The fraction of sp³-hybridized carbons (Fsp3) is 0.214. The Balaban J connectivity index is 1.70. The van der Waals surface area contributed by atoms with Gasteiger partial charge in [-0.25, -0.2) is 0 Å². The minimum Gasteiger partial charge on any atom is -0.494 e. The third-order valence-electron chi connectivity index (χ3n) is 5.65. The summed E-state index contributed by atoms with van der Waals surface area (Å²) in [7, 11) is 0. The lowest BCUT2D eigenvalue weighted by atomic mass is 10.0. The first-order chi connectivity index (χ1) is 16.0. The van der Waals surface area contributed by atoms with Crippen LogP contribution in [0.15, 0.2) is 84.6 Å². The number of imide groups is 1. The van der Waals surface area contributed by atoms with E-state index in [4.69, 9.17) is 4.74 Å². The molecule has 0 unspecified atom stereocenters. The van der Waals surface area contributed by atoms with Gasteiger partial charge in [0, 0.05) is 5.69 Å². The van der Waals surface area contributed by atoms with E-state index in [1.54, 1.807) is 0 Å². The van der Waals surface area contributed by atoms with Gasteiger partial charge in [-0.1, -0.05) is 68.4 Å². The second-order valence-electron chi connectivity index (χ2n) is 8.29. The number of amides is 2. The summed E-state index contributed by atoms with van der Waals surface area (Å²) in [5, 5.41) is 3.23. The summed E-state index contributed by atoms with van der Waals surface area (Å²) in [5.74, 6) is 0.488. The number of ether oxygens (including phenoxy) is 1. The molecule has 0 radical (unpaired) electrons. The molecule has 1 N–H and O–H groups in total. The molecule has 0 saturated heterocycles. The largest absolute Gasteiger partial charge is 0.494 e. The maximum Gasteiger partial charge on any atom is 0.278 e. The van der Waals surface area contributed by atoms with Crippen molar-refractivity contribution in [2.24, 2.45) is 0 Å². The van der Waals surface area contributed by atoms with Gasteiger partial charge in [-0.15, -0.1) is 0 Å². The van der Waals surface area contributed by atoms with Crippen molar-refractivity contribution in [3.8, 4) is 5.75 Å². The van der Waals surface area contributed by atoms with E-state index in [1.165, 1.54) is 10.5 Å². The molecular formula is C28H28N2O3. The van der Waals surface area contributed by atoms with Crippen LogP contribution in [-0.2, 0) is 16.1 Å². The average Bonchev–Trinajstić information content (AvgIpc) is 3.05. The van der Waals surface area contributed by atoms with Gasteiger partial charge >= 0.3 is 0 Å². The summed E-state index contributed by atoms with van der Waals surface area (Å²) in [6.07, 6.45) is 0. The fourth-order valence-corrected chi connectivity index (χ4v) is 3.85. The zero-order valence-electron chi connectivity index (χ0n) is 19.2. The first kappa shape index (κ1) is 22.3. The van der Waals surface area contributed by atoms with Gasteiger partial charge < -0.3 is 10.1 Å². The van der Waals surface area contributed by atoms with Gasteiger partial charge in [0.2, 0.25) is 0 Å². The van der Waals surface area contributed by atoms with E-state index in [1.807, 2.05) is 85.8 Å². The fourth-order valence-electron chi connectivity index (χ4n) is 3.85. The van der Waals surface area contributed by atoms with E-state index < -0.39 is 0 Å². The molecular weight excluding hydrogens is 412 g/mol. The molecule has 5 heteroatoms. The SMILES string of the molecule is CCOc1ccc(C2=C(Nc3ccc(C(C)C)cc3)C(=O)N(Cc3ccccc3)C2=O)cc1. The molecule has 1 aliphatic heterocycles. The Morgan fingerprint density at radius 1 is 0.848 bits per heavy atom. The number of nitrogens with zero attached hydrogens (tertiary/aromatic N) is 1. The van der Waals surface area contributed by atoms with Gasteiger partial charge in [0.05, 0.1) is 18.7 Å². The Morgan fingerprint density at radius 3 is 2.12 bits per heavy atom. The van der Waals surface area contributed by atoms with E-state index >= 15 is 0 Å². The molecule has 0 saturated carbocycles. The van der Waals surface area contributed by atoms with Crippen LogP contribution in [0.2, 0.25) is 0 Å². The van der Waals surface area contributed by atoms with Crippen molar-refractivity contribution in [1.29, 1.82) is 0 Å². The van der Waals surface area contributed by atoms with Crippen molar-refractivity contribution in [3.05, 3.63) is 101 Å². The topological polar surface area (TPSA) is 58.6 Å². The van der Waals surface area contributed by atoms with E-state index in [2.05, 4.69) is 19.2 Å². The molecule has 0 aliphatic carbocycles. The minimum absolute atomic E-state index is 0.219. The van der Waals surface area contributed by atoms with Crippen LogP contribution in [-0.4, -0.2) is 23.3 Å². The van der Waals surface area contributed by atoms with Crippen molar-refractivity contribution < 1.29 is 14.3 Å². The summed E-state index contributed by atoms with van der Waals surface area (Å²) in [6, 6.07) is 24.8. The first-order valence-corrected chi connectivity index (χ1v) is 11.2. The third-order valence-corrected chi connectivity index (χ3v) is 5.65. The molecule has 3 aromatic rings. The summed E-state index contributed by atoms with van der Waals surface area (Å²) in [4.78, 5) is 28.2. The highest BCUT2D eigenvalue weighted by Gasteiger charge is 2.39. The van der Waals surface area contributed by atoms with E-state index in [0.29, 0.717) is 23.7 Å². The van der Waals surface area contributed by atoms with Crippen molar-refractivity contribution in [3.63, 3.8) is 0 Å². The van der Waals surface area contributed by atoms with Gasteiger partial charge in [0.25, 0.3) is 11.8 Å². The number of carbonyl (C=O) groups is 2. The predicted molar refractivity (Wildman–Crippen MR) is 131 cm³/mol. The second kappa shape index (κ2) is 9.74. The highest BCUT2D eigenvalue weighted by Crippen LogP contribution is 2.32. The zero-order valence-corrected chi connectivity index (χ0v) is 19.2. The van der Waals surface area contributed by atoms with Crippen molar-refractivity contribution >= 4 is 23.1 Å². The molecule has 1 aliphatic rings. The van der Waals surface area contributed by atoms with E-state index in [9.17, 15) is 9.59 Å². The molecule has 0 spiro atoms.